The average molecular weight is 531 g/mol. The van der Waals surface area contributed by atoms with Crippen molar-refractivity contribution in [3.8, 4) is 11.4 Å². The van der Waals surface area contributed by atoms with Crippen LogP contribution >= 0.6 is 0 Å². The molecule has 12 nitrogen and oxygen atoms in total. The minimum atomic E-state index is 0.437. The van der Waals surface area contributed by atoms with E-state index in [0.717, 1.165) is 24.8 Å². The fraction of sp³-hybridized carbons (Fsp3) is 0.370. The smallest absolute Gasteiger partial charge is 0.225 e. The van der Waals surface area contributed by atoms with Gasteiger partial charge in [-0.05, 0) is 31.3 Å². The third-order valence-electron chi connectivity index (χ3n) is 6.45. The van der Waals surface area contributed by atoms with E-state index in [0.29, 0.717) is 85.3 Å². The van der Waals surface area contributed by atoms with Crippen LogP contribution < -0.4 is 20.4 Å². The molecule has 3 aromatic rings. The van der Waals surface area contributed by atoms with Crippen molar-refractivity contribution in [3.05, 3.63) is 41.7 Å². The Bertz CT molecular complexity index is 1310. The molecule has 1 aliphatic heterocycles. The summed E-state index contributed by atoms with van der Waals surface area (Å²) in [4.78, 5) is 40.2. The summed E-state index contributed by atoms with van der Waals surface area (Å²) in [5.74, 6) is 2.40. The molecular formula is C27H34N10O2. The van der Waals surface area contributed by atoms with Crippen LogP contribution in [0.3, 0.4) is 0 Å². The van der Waals surface area contributed by atoms with Crippen molar-refractivity contribution in [2.45, 2.75) is 13.3 Å². The van der Waals surface area contributed by atoms with E-state index in [2.05, 4.69) is 38.4 Å². The van der Waals surface area contributed by atoms with Crippen molar-refractivity contribution >= 4 is 48.2 Å². The topological polar surface area (TPSA) is 150 Å². The number of likely N-dealkylation sites (N-methyl/N-ethyl adjacent to an activating group) is 1. The van der Waals surface area contributed by atoms with E-state index in [1.165, 1.54) is 18.6 Å². The highest BCUT2D eigenvalue weighted by atomic mass is 16.5. The molecule has 0 amide bonds. The molecular weight excluding hydrogens is 496 g/mol. The second-order valence-electron chi connectivity index (χ2n) is 9.13. The van der Waals surface area contributed by atoms with Crippen LogP contribution in [0.25, 0.3) is 11.4 Å². The zero-order chi connectivity index (χ0) is 27.8. The Kier molecular flexibility index (Phi) is 9.10. The van der Waals surface area contributed by atoms with Crippen molar-refractivity contribution in [3.63, 3.8) is 0 Å². The number of nitrogens with one attached hydrogen (secondary N) is 1. The van der Waals surface area contributed by atoms with E-state index in [4.69, 9.17) is 25.8 Å². The Morgan fingerprint density at radius 1 is 1.18 bits per heavy atom. The number of aliphatic imine (C=N–C) groups is 1. The zero-order valence-electron chi connectivity index (χ0n) is 22.4. The number of hydrogen-bond acceptors (Lipinski definition) is 12. The van der Waals surface area contributed by atoms with Gasteiger partial charge in [0.25, 0.3) is 0 Å². The first-order valence-electron chi connectivity index (χ1n) is 12.8. The van der Waals surface area contributed by atoms with Gasteiger partial charge in [0.2, 0.25) is 5.95 Å². The first-order valence-corrected chi connectivity index (χ1v) is 12.8. The number of anilines is 4. The van der Waals surface area contributed by atoms with Crippen LogP contribution in [0.1, 0.15) is 29.3 Å². The Balaban J connectivity index is 1.70. The summed E-state index contributed by atoms with van der Waals surface area (Å²) in [7, 11) is 1.95. The molecule has 0 saturated carbocycles. The maximum absolute atomic E-state index is 11.0. The van der Waals surface area contributed by atoms with Crippen molar-refractivity contribution in [2.24, 2.45) is 4.99 Å². The zero-order valence-corrected chi connectivity index (χ0v) is 22.4. The van der Waals surface area contributed by atoms with Crippen molar-refractivity contribution in [2.75, 3.05) is 73.4 Å². The molecule has 1 saturated heterocycles. The Morgan fingerprint density at radius 3 is 2.56 bits per heavy atom. The van der Waals surface area contributed by atoms with Gasteiger partial charge >= 0.3 is 0 Å². The molecule has 39 heavy (non-hydrogen) atoms. The molecule has 3 N–H and O–H groups in total. The van der Waals surface area contributed by atoms with Gasteiger partial charge in [0.05, 0.1) is 18.8 Å². The van der Waals surface area contributed by atoms with Crippen LogP contribution in [0.15, 0.2) is 35.6 Å². The number of carbonyl (C=O) groups is 1. The Morgan fingerprint density at radius 2 is 1.92 bits per heavy atom. The highest BCUT2D eigenvalue weighted by molar-refractivity contribution is 5.88. The average Bonchev–Trinajstić information content (AvgIpc) is 2.99. The molecule has 0 radical (unpaired) electrons. The van der Waals surface area contributed by atoms with Gasteiger partial charge in [-0.2, -0.15) is 0 Å². The fourth-order valence-corrected chi connectivity index (χ4v) is 4.32. The first-order chi connectivity index (χ1) is 19.0. The van der Waals surface area contributed by atoms with Crippen molar-refractivity contribution in [1.82, 2.24) is 19.9 Å². The van der Waals surface area contributed by atoms with Gasteiger partial charge in [0.15, 0.2) is 23.7 Å². The van der Waals surface area contributed by atoms with Gasteiger partial charge in [-0.25, -0.2) is 19.9 Å². The number of hydrogen-bond donors (Lipinski definition) is 2. The van der Waals surface area contributed by atoms with E-state index in [1.54, 1.807) is 6.07 Å². The number of rotatable bonds is 12. The van der Waals surface area contributed by atoms with Crippen molar-refractivity contribution < 1.29 is 9.53 Å². The summed E-state index contributed by atoms with van der Waals surface area (Å²) < 4.78 is 5.56. The van der Waals surface area contributed by atoms with Crippen LogP contribution in [0.4, 0.5) is 29.0 Å². The maximum atomic E-state index is 11.0. The van der Waals surface area contributed by atoms with Crippen LogP contribution in [0.2, 0.25) is 0 Å². The number of benzene rings is 1. The van der Waals surface area contributed by atoms with Crippen LogP contribution in [0.5, 0.6) is 0 Å². The predicted octanol–water partition coefficient (Wildman–Crippen LogP) is 2.85. The molecule has 4 rings (SSSR count). The summed E-state index contributed by atoms with van der Waals surface area (Å²) in [6.45, 7) is 10.4. The molecule has 1 fully saturated rings. The van der Waals surface area contributed by atoms with Gasteiger partial charge in [-0.15, -0.1) is 0 Å². The number of aromatic nitrogens is 4. The molecule has 2 aromatic heterocycles. The number of carbonyl (C=O) groups excluding carboxylic acids is 1. The molecule has 0 aliphatic carbocycles. The summed E-state index contributed by atoms with van der Waals surface area (Å²) in [5, 5.41) is 7.71. The third-order valence-corrected chi connectivity index (χ3v) is 6.45. The van der Waals surface area contributed by atoms with E-state index >= 15 is 0 Å². The summed E-state index contributed by atoms with van der Waals surface area (Å²) in [5.41, 5.74) is 8.92. The lowest BCUT2D eigenvalue weighted by molar-refractivity contribution is 0.112. The monoisotopic (exact) mass is 530 g/mol. The molecule has 0 spiro atoms. The lowest BCUT2D eigenvalue weighted by Crippen LogP contribution is -2.38. The van der Waals surface area contributed by atoms with Gasteiger partial charge in [0, 0.05) is 75.2 Å². The van der Waals surface area contributed by atoms with Crippen molar-refractivity contribution in [1.29, 1.82) is 5.41 Å². The predicted molar refractivity (Wildman–Crippen MR) is 155 cm³/mol. The number of ether oxygens (including phenoxy) is 1. The largest absolute Gasteiger partial charge is 0.398 e. The quantitative estimate of drug-likeness (QED) is 0.203. The normalized spacial score (nSPS) is 13.1. The molecule has 3 heterocycles. The summed E-state index contributed by atoms with van der Waals surface area (Å²) in [6, 6.07) is 5.43. The number of morpholine rings is 1. The van der Waals surface area contributed by atoms with E-state index in [9.17, 15) is 4.79 Å². The molecule has 204 valence electrons. The second-order valence-corrected chi connectivity index (χ2v) is 9.13. The van der Waals surface area contributed by atoms with E-state index < -0.39 is 0 Å². The summed E-state index contributed by atoms with van der Waals surface area (Å²) >= 11 is 0. The lowest BCUT2D eigenvalue weighted by Gasteiger charge is -2.31. The molecule has 1 aliphatic rings. The minimum Gasteiger partial charge on any atom is -0.398 e. The Labute approximate surface area is 228 Å². The van der Waals surface area contributed by atoms with E-state index in [-0.39, 0.29) is 0 Å². The van der Waals surface area contributed by atoms with Gasteiger partial charge in [-0.3, -0.25) is 9.79 Å². The third kappa shape index (κ3) is 6.34. The first kappa shape index (κ1) is 27.6. The minimum absolute atomic E-state index is 0.437. The fourth-order valence-electron chi connectivity index (χ4n) is 4.32. The number of aldehydes is 1. The summed E-state index contributed by atoms with van der Waals surface area (Å²) in [6.07, 6.45) is 5.92. The number of nitrogens with zero attached hydrogens (tertiary/aromatic N) is 8. The molecule has 0 atom stereocenters. The maximum Gasteiger partial charge on any atom is 0.225 e. The van der Waals surface area contributed by atoms with Crippen LogP contribution in [-0.2, 0) is 4.74 Å². The van der Waals surface area contributed by atoms with Gasteiger partial charge < -0.3 is 30.6 Å². The van der Waals surface area contributed by atoms with Gasteiger partial charge in [0.1, 0.15) is 5.69 Å². The Hall–Kier alpha value is -4.45. The van der Waals surface area contributed by atoms with Gasteiger partial charge in [-0.1, -0.05) is 6.92 Å². The molecule has 1 aromatic carbocycles. The highest BCUT2D eigenvalue weighted by Gasteiger charge is 2.24. The number of nitrogen functional groups attached to an aromatic ring is 1. The number of nitrogens with two attached hydrogens (primary N) is 1. The highest BCUT2D eigenvalue weighted by Crippen LogP contribution is 2.37. The molecule has 12 heteroatoms. The molecule has 0 bridgehead atoms. The standard InChI is InChI=1S/C27H34N10O2/c1-4-7-37(27-31-16-19(18-38)17-32-27)9-8-35(3)25-23(30-2)26(36-10-12-39-13-11-36)34-24(33-25)20-5-6-22(29)21(14-20)15-28/h5-6,14-18,28H,2,4,7-13,29H2,1,3H3. The van der Waals surface area contributed by atoms with Crippen LogP contribution in [0, 0.1) is 5.41 Å². The molecule has 0 unspecified atom stereocenters. The van der Waals surface area contributed by atoms with Crippen LogP contribution in [-0.4, -0.2) is 92.1 Å². The SMILES string of the molecule is C=Nc1c(N(C)CCN(CCC)c2ncc(C=O)cn2)nc(-c2ccc(N)c(C=N)c2)nc1N1CCOCC1. The lowest BCUT2D eigenvalue weighted by atomic mass is 10.1. The second kappa shape index (κ2) is 12.9. The van der Waals surface area contributed by atoms with E-state index in [1.807, 2.05) is 24.1 Å².